The average Bonchev–Trinajstić information content (AvgIpc) is 2.77. The van der Waals surface area contributed by atoms with Gasteiger partial charge in [0.1, 0.15) is 0 Å². The largest absolute Gasteiger partial charge is 0.354 e. The summed E-state index contributed by atoms with van der Waals surface area (Å²) >= 11 is 0. The molecule has 1 saturated heterocycles. The Bertz CT molecular complexity index is 707. The van der Waals surface area contributed by atoms with E-state index in [1.807, 2.05) is 24.3 Å². The third kappa shape index (κ3) is 6.29. The van der Waals surface area contributed by atoms with Crippen LogP contribution >= 0.6 is 0 Å². The zero-order chi connectivity index (χ0) is 21.4. The highest BCUT2D eigenvalue weighted by Gasteiger charge is 2.39. The minimum absolute atomic E-state index is 0.0217. The lowest BCUT2D eigenvalue weighted by molar-refractivity contribution is -0.125. The second-order valence-corrected chi connectivity index (χ2v) is 8.95. The van der Waals surface area contributed by atoms with Crippen molar-refractivity contribution in [3.05, 3.63) is 29.8 Å². The lowest BCUT2D eigenvalue weighted by Crippen LogP contribution is -2.61. The molecule has 0 unspecified atom stereocenters. The van der Waals surface area contributed by atoms with Crippen molar-refractivity contribution in [1.29, 1.82) is 0 Å². The van der Waals surface area contributed by atoms with Gasteiger partial charge in [0, 0.05) is 56.8 Å². The maximum Gasteiger partial charge on any atom is 0.224 e. The van der Waals surface area contributed by atoms with E-state index in [0.29, 0.717) is 6.54 Å². The molecule has 1 aliphatic carbocycles. The van der Waals surface area contributed by atoms with Crippen molar-refractivity contribution in [2.24, 2.45) is 0 Å². The summed E-state index contributed by atoms with van der Waals surface area (Å²) in [4.78, 5) is 29.7. The van der Waals surface area contributed by atoms with E-state index in [0.717, 1.165) is 51.1 Å². The number of likely N-dealkylation sites (N-methyl/N-ethyl adjacent to an activating group) is 1. The van der Waals surface area contributed by atoms with Gasteiger partial charge in [-0.2, -0.15) is 0 Å². The second-order valence-electron chi connectivity index (χ2n) is 8.95. The SMILES string of the molecule is CCc1cccc(NC(=O)CCC(=O)NCC2(N3CCN(C)CC3)CCCCC2)c1. The topological polar surface area (TPSA) is 64.7 Å². The van der Waals surface area contributed by atoms with Crippen LogP contribution < -0.4 is 10.6 Å². The first kappa shape index (κ1) is 22.8. The van der Waals surface area contributed by atoms with Crippen LogP contribution in [0.15, 0.2) is 24.3 Å². The fourth-order valence-electron chi connectivity index (χ4n) is 4.77. The number of anilines is 1. The van der Waals surface area contributed by atoms with Gasteiger partial charge < -0.3 is 15.5 Å². The standard InChI is InChI=1S/C24H38N4O2/c1-3-20-8-7-9-21(18-20)26-23(30)11-10-22(29)25-19-24(12-5-4-6-13-24)28-16-14-27(2)15-17-28/h7-9,18H,3-6,10-17,19H2,1-2H3,(H,25,29)(H,26,30). The predicted molar refractivity (Wildman–Crippen MR) is 122 cm³/mol. The number of piperazine rings is 1. The van der Waals surface area contributed by atoms with Crippen molar-refractivity contribution in [2.45, 2.75) is 63.8 Å². The molecule has 0 aromatic heterocycles. The first-order valence-corrected chi connectivity index (χ1v) is 11.6. The van der Waals surface area contributed by atoms with Gasteiger partial charge in [-0.15, -0.1) is 0 Å². The van der Waals surface area contributed by atoms with Crippen molar-refractivity contribution in [3.63, 3.8) is 0 Å². The number of nitrogens with one attached hydrogen (secondary N) is 2. The van der Waals surface area contributed by atoms with E-state index in [1.165, 1.54) is 24.8 Å². The molecule has 0 bridgehead atoms. The zero-order valence-electron chi connectivity index (χ0n) is 18.7. The third-order valence-corrected chi connectivity index (χ3v) is 6.77. The van der Waals surface area contributed by atoms with Gasteiger partial charge in [0.05, 0.1) is 0 Å². The zero-order valence-corrected chi connectivity index (χ0v) is 18.7. The van der Waals surface area contributed by atoms with Gasteiger partial charge in [0.2, 0.25) is 11.8 Å². The molecule has 0 spiro atoms. The summed E-state index contributed by atoms with van der Waals surface area (Å²) in [6.45, 7) is 7.13. The van der Waals surface area contributed by atoms with E-state index in [1.54, 1.807) is 0 Å². The van der Waals surface area contributed by atoms with Gasteiger partial charge in [-0.3, -0.25) is 14.5 Å². The Kier molecular flexibility index (Phi) is 8.28. The minimum Gasteiger partial charge on any atom is -0.354 e. The average molecular weight is 415 g/mol. The minimum atomic E-state index is -0.107. The molecule has 3 rings (SSSR count). The molecular weight excluding hydrogens is 376 g/mol. The number of benzene rings is 1. The number of carbonyl (C=O) groups excluding carboxylic acids is 2. The summed E-state index contributed by atoms with van der Waals surface area (Å²) in [5, 5.41) is 6.07. The molecule has 2 N–H and O–H groups in total. The summed E-state index contributed by atoms with van der Waals surface area (Å²) in [5.74, 6) is -0.128. The van der Waals surface area contributed by atoms with Crippen LogP contribution in [0.5, 0.6) is 0 Å². The number of hydrogen-bond acceptors (Lipinski definition) is 4. The highest BCUT2D eigenvalue weighted by molar-refractivity contribution is 5.93. The molecule has 2 aliphatic rings. The lowest BCUT2D eigenvalue weighted by Gasteiger charge is -2.49. The highest BCUT2D eigenvalue weighted by Crippen LogP contribution is 2.34. The van der Waals surface area contributed by atoms with Crippen LogP contribution in [0.2, 0.25) is 0 Å². The fraction of sp³-hybridized carbons (Fsp3) is 0.667. The molecule has 1 aromatic carbocycles. The Hall–Kier alpha value is -1.92. The molecule has 1 aromatic rings. The predicted octanol–water partition coefficient (Wildman–Crippen LogP) is 3.03. The van der Waals surface area contributed by atoms with E-state index in [4.69, 9.17) is 0 Å². The summed E-state index contributed by atoms with van der Waals surface area (Å²) in [6.07, 6.45) is 7.46. The van der Waals surface area contributed by atoms with Crippen LogP contribution in [0.1, 0.15) is 57.4 Å². The summed E-state index contributed by atoms with van der Waals surface area (Å²) in [5.41, 5.74) is 2.08. The molecule has 0 radical (unpaired) electrons. The Morgan fingerprint density at radius 2 is 1.70 bits per heavy atom. The highest BCUT2D eigenvalue weighted by atomic mass is 16.2. The molecule has 30 heavy (non-hydrogen) atoms. The number of hydrogen-bond donors (Lipinski definition) is 2. The van der Waals surface area contributed by atoms with E-state index < -0.39 is 0 Å². The summed E-state index contributed by atoms with van der Waals surface area (Å²) in [6, 6.07) is 7.87. The number of rotatable bonds is 8. The van der Waals surface area contributed by atoms with Crippen molar-refractivity contribution in [3.8, 4) is 0 Å². The molecule has 6 heteroatoms. The van der Waals surface area contributed by atoms with Crippen molar-refractivity contribution >= 4 is 17.5 Å². The molecule has 1 heterocycles. The van der Waals surface area contributed by atoms with Crippen LogP contribution in [-0.2, 0) is 16.0 Å². The maximum absolute atomic E-state index is 12.5. The molecule has 166 valence electrons. The van der Waals surface area contributed by atoms with E-state index >= 15 is 0 Å². The first-order valence-electron chi connectivity index (χ1n) is 11.6. The normalized spacial score (nSPS) is 19.9. The van der Waals surface area contributed by atoms with Crippen LogP contribution in [0.3, 0.4) is 0 Å². The van der Waals surface area contributed by atoms with E-state index in [2.05, 4.69) is 34.4 Å². The van der Waals surface area contributed by atoms with E-state index in [-0.39, 0.29) is 30.2 Å². The van der Waals surface area contributed by atoms with Gasteiger partial charge in [0.15, 0.2) is 0 Å². The van der Waals surface area contributed by atoms with Crippen LogP contribution in [0.25, 0.3) is 0 Å². The second kappa shape index (κ2) is 10.9. The Labute approximate surface area is 181 Å². The number of amides is 2. The molecule has 2 amide bonds. The fourth-order valence-corrected chi connectivity index (χ4v) is 4.77. The van der Waals surface area contributed by atoms with Crippen molar-refractivity contribution in [1.82, 2.24) is 15.1 Å². The molecule has 0 atom stereocenters. The van der Waals surface area contributed by atoms with Gasteiger partial charge >= 0.3 is 0 Å². The van der Waals surface area contributed by atoms with Crippen LogP contribution in [-0.4, -0.2) is 66.9 Å². The number of nitrogens with zero attached hydrogens (tertiary/aromatic N) is 2. The quantitative estimate of drug-likeness (QED) is 0.686. The lowest BCUT2D eigenvalue weighted by atomic mass is 9.79. The molecule has 6 nitrogen and oxygen atoms in total. The first-order chi connectivity index (χ1) is 14.5. The van der Waals surface area contributed by atoms with Crippen molar-refractivity contribution in [2.75, 3.05) is 45.1 Å². The number of aryl methyl sites for hydroxylation is 1. The van der Waals surface area contributed by atoms with Crippen LogP contribution in [0.4, 0.5) is 5.69 Å². The molecular formula is C24H38N4O2. The summed E-state index contributed by atoms with van der Waals surface area (Å²) in [7, 11) is 2.18. The van der Waals surface area contributed by atoms with Gasteiger partial charge in [0.25, 0.3) is 0 Å². The van der Waals surface area contributed by atoms with Crippen LogP contribution in [0, 0.1) is 0 Å². The van der Waals surface area contributed by atoms with Gasteiger partial charge in [-0.1, -0.05) is 38.3 Å². The monoisotopic (exact) mass is 414 g/mol. The summed E-state index contributed by atoms with van der Waals surface area (Å²) < 4.78 is 0. The number of carbonyl (C=O) groups is 2. The third-order valence-electron chi connectivity index (χ3n) is 6.77. The molecule has 1 saturated carbocycles. The van der Waals surface area contributed by atoms with Crippen molar-refractivity contribution < 1.29 is 9.59 Å². The van der Waals surface area contributed by atoms with E-state index in [9.17, 15) is 9.59 Å². The van der Waals surface area contributed by atoms with Gasteiger partial charge in [-0.25, -0.2) is 0 Å². The Morgan fingerprint density at radius 1 is 1.00 bits per heavy atom. The molecule has 1 aliphatic heterocycles. The van der Waals surface area contributed by atoms with Gasteiger partial charge in [-0.05, 0) is 44.0 Å². The molecule has 2 fully saturated rings. The Balaban J connectivity index is 1.46. The maximum atomic E-state index is 12.5. The smallest absolute Gasteiger partial charge is 0.224 e. The Morgan fingerprint density at radius 3 is 2.40 bits per heavy atom.